The third-order valence-electron chi connectivity index (χ3n) is 4.18. The van der Waals surface area contributed by atoms with E-state index in [1.54, 1.807) is 13.8 Å². The van der Waals surface area contributed by atoms with E-state index in [1.165, 1.54) is 12.2 Å². The van der Waals surface area contributed by atoms with E-state index in [0.717, 1.165) is 0 Å². The smallest absolute Gasteiger partial charge is 0.407 e. The van der Waals surface area contributed by atoms with Crippen LogP contribution >= 0.6 is 0 Å². The van der Waals surface area contributed by atoms with E-state index < -0.39 is 48.7 Å². The zero-order valence-corrected chi connectivity index (χ0v) is 14.6. The Morgan fingerprint density at radius 1 is 1.16 bits per heavy atom. The Morgan fingerprint density at radius 2 is 1.84 bits per heavy atom. The normalized spacial score (nSPS) is 29.7. The van der Waals surface area contributed by atoms with Crippen LogP contribution in [0, 0.1) is 0 Å². The SMILES string of the molecule is CCOC(=O)NC(CNC1C=CC(O)C(O)C1O)C(O)CC(O)CC. The minimum Gasteiger partial charge on any atom is -0.450 e. The number of amides is 1. The highest BCUT2D eigenvalue weighted by Gasteiger charge is 2.33. The molecule has 0 saturated heterocycles. The number of aliphatic hydroxyl groups excluding tert-OH is 5. The average molecular weight is 362 g/mol. The van der Waals surface area contributed by atoms with Crippen LogP contribution in [-0.4, -0.2) is 87.4 Å². The van der Waals surface area contributed by atoms with Gasteiger partial charge in [0.05, 0.1) is 30.9 Å². The summed E-state index contributed by atoms with van der Waals surface area (Å²) in [6.45, 7) is 3.67. The molecule has 1 aliphatic carbocycles. The average Bonchev–Trinajstić information content (AvgIpc) is 2.57. The molecular formula is C16H30N2O7. The second-order valence-corrected chi connectivity index (χ2v) is 6.13. The summed E-state index contributed by atoms with van der Waals surface area (Å²) in [4.78, 5) is 11.7. The predicted octanol–water partition coefficient (Wildman–Crippen LogP) is -1.77. The Hall–Kier alpha value is -1.23. The van der Waals surface area contributed by atoms with Crippen molar-refractivity contribution >= 4 is 6.09 Å². The molecule has 7 N–H and O–H groups in total. The third kappa shape index (κ3) is 6.89. The summed E-state index contributed by atoms with van der Waals surface area (Å²) in [7, 11) is 0. The standard InChI is InChI=1S/C16H30N2O7/c1-3-9(19)7-13(21)11(18-16(24)25-4-2)8-17-10-5-6-12(20)15(23)14(10)22/h5-6,9-15,17,19-23H,3-4,7-8H2,1-2H3,(H,18,24). The molecule has 7 atom stereocenters. The second-order valence-electron chi connectivity index (χ2n) is 6.13. The molecule has 0 aromatic carbocycles. The molecule has 9 heteroatoms. The molecule has 0 saturated carbocycles. The Morgan fingerprint density at radius 3 is 2.44 bits per heavy atom. The van der Waals surface area contributed by atoms with Crippen molar-refractivity contribution in [2.45, 2.75) is 69.3 Å². The van der Waals surface area contributed by atoms with E-state index in [0.29, 0.717) is 6.42 Å². The van der Waals surface area contributed by atoms with Gasteiger partial charge >= 0.3 is 6.09 Å². The van der Waals surface area contributed by atoms with Crippen molar-refractivity contribution in [2.75, 3.05) is 13.2 Å². The van der Waals surface area contributed by atoms with E-state index in [2.05, 4.69) is 10.6 Å². The van der Waals surface area contributed by atoms with Gasteiger partial charge in [0, 0.05) is 13.0 Å². The first-order chi connectivity index (χ1) is 11.8. The fourth-order valence-electron chi connectivity index (χ4n) is 2.54. The maximum atomic E-state index is 11.7. The molecule has 0 aromatic heterocycles. The molecule has 1 amide bonds. The van der Waals surface area contributed by atoms with E-state index in [1.807, 2.05) is 0 Å². The van der Waals surface area contributed by atoms with Gasteiger partial charge in [0.25, 0.3) is 0 Å². The number of ether oxygens (including phenoxy) is 1. The maximum absolute atomic E-state index is 11.7. The molecule has 0 aromatic rings. The molecule has 0 bridgehead atoms. The molecule has 1 rings (SSSR count). The number of carbonyl (C=O) groups is 1. The van der Waals surface area contributed by atoms with Crippen LogP contribution in [-0.2, 0) is 4.74 Å². The summed E-state index contributed by atoms with van der Waals surface area (Å²) in [6.07, 6.45) is -2.75. The van der Waals surface area contributed by atoms with Crippen LogP contribution < -0.4 is 10.6 Å². The maximum Gasteiger partial charge on any atom is 0.407 e. The van der Waals surface area contributed by atoms with Gasteiger partial charge in [-0.15, -0.1) is 0 Å². The first kappa shape index (κ1) is 21.8. The minimum absolute atomic E-state index is 0.0608. The first-order valence-electron chi connectivity index (χ1n) is 8.55. The second kappa shape index (κ2) is 10.7. The van der Waals surface area contributed by atoms with Gasteiger partial charge in [-0.05, 0) is 13.3 Å². The Bertz CT molecular complexity index is 435. The summed E-state index contributed by atoms with van der Waals surface area (Å²) < 4.78 is 4.81. The highest BCUT2D eigenvalue weighted by atomic mass is 16.5. The number of hydrogen-bond acceptors (Lipinski definition) is 8. The van der Waals surface area contributed by atoms with Gasteiger partial charge in [0.15, 0.2) is 0 Å². The Balaban J connectivity index is 2.68. The molecule has 1 aliphatic rings. The van der Waals surface area contributed by atoms with Crippen molar-refractivity contribution in [1.29, 1.82) is 0 Å². The van der Waals surface area contributed by atoms with Crippen LogP contribution in [0.25, 0.3) is 0 Å². The molecular weight excluding hydrogens is 332 g/mol. The van der Waals surface area contributed by atoms with E-state index in [-0.39, 0.29) is 19.6 Å². The van der Waals surface area contributed by atoms with Crippen LogP contribution in [0.5, 0.6) is 0 Å². The molecule has 0 aliphatic heterocycles. The number of nitrogens with one attached hydrogen (secondary N) is 2. The van der Waals surface area contributed by atoms with Crippen LogP contribution in [0.2, 0.25) is 0 Å². The largest absolute Gasteiger partial charge is 0.450 e. The third-order valence-corrected chi connectivity index (χ3v) is 4.18. The molecule has 146 valence electrons. The summed E-state index contributed by atoms with van der Waals surface area (Å²) >= 11 is 0. The van der Waals surface area contributed by atoms with E-state index >= 15 is 0 Å². The summed E-state index contributed by atoms with van der Waals surface area (Å²) in [5, 5.41) is 54.6. The van der Waals surface area contributed by atoms with Crippen LogP contribution in [0.4, 0.5) is 4.79 Å². The van der Waals surface area contributed by atoms with Crippen LogP contribution in [0.3, 0.4) is 0 Å². The van der Waals surface area contributed by atoms with Crippen molar-refractivity contribution in [3.63, 3.8) is 0 Å². The number of hydrogen-bond donors (Lipinski definition) is 7. The molecule has 25 heavy (non-hydrogen) atoms. The number of rotatable bonds is 9. The van der Waals surface area contributed by atoms with Gasteiger partial charge in [0.2, 0.25) is 0 Å². The Labute approximate surface area is 147 Å². The lowest BCUT2D eigenvalue weighted by Gasteiger charge is -2.33. The zero-order valence-electron chi connectivity index (χ0n) is 14.6. The van der Waals surface area contributed by atoms with Crippen molar-refractivity contribution < 1.29 is 35.1 Å². The quantitative estimate of drug-likeness (QED) is 0.238. The van der Waals surface area contributed by atoms with Crippen LogP contribution in [0.1, 0.15) is 26.7 Å². The number of carbonyl (C=O) groups excluding carboxylic acids is 1. The van der Waals surface area contributed by atoms with Gasteiger partial charge in [0.1, 0.15) is 18.3 Å². The number of alkyl carbamates (subject to hydrolysis) is 1. The minimum atomic E-state index is -1.33. The summed E-state index contributed by atoms with van der Waals surface area (Å²) in [6, 6.07) is -1.43. The lowest BCUT2D eigenvalue weighted by molar-refractivity contribution is -0.0572. The molecule has 9 nitrogen and oxygen atoms in total. The summed E-state index contributed by atoms with van der Waals surface area (Å²) in [5.41, 5.74) is 0. The first-order valence-corrected chi connectivity index (χ1v) is 8.55. The summed E-state index contributed by atoms with van der Waals surface area (Å²) in [5.74, 6) is 0. The highest BCUT2D eigenvalue weighted by molar-refractivity contribution is 5.67. The van der Waals surface area contributed by atoms with Gasteiger partial charge in [-0.25, -0.2) is 4.79 Å². The molecule has 0 spiro atoms. The van der Waals surface area contributed by atoms with E-state index in [4.69, 9.17) is 4.74 Å². The van der Waals surface area contributed by atoms with Crippen molar-refractivity contribution in [3.8, 4) is 0 Å². The van der Waals surface area contributed by atoms with Gasteiger partial charge in [-0.2, -0.15) is 0 Å². The topological polar surface area (TPSA) is 152 Å². The molecule has 0 fully saturated rings. The van der Waals surface area contributed by atoms with E-state index in [9.17, 15) is 30.3 Å². The van der Waals surface area contributed by atoms with Crippen molar-refractivity contribution in [1.82, 2.24) is 10.6 Å². The lowest BCUT2D eigenvalue weighted by Crippen LogP contribution is -2.57. The van der Waals surface area contributed by atoms with Gasteiger partial charge in [-0.1, -0.05) is 19.1 Å². The van der Waals surface area contributed by atoms with Crippen LogP contribution in [0.15, 0.2) is 12.2 Å². The monoisotopic (exact) mass is 362 g/mol. The molecule has 7 unspecified atom stereocenters. The Kier molecular flexibility index (Phi) is 9.33. The fraction of sp³-hybridized carbons (Fsp3) is 0.812. The zero-order chi connectivity index (χ0) is 19.0. The number of aliphatic hydroxyl groups is 5. The van der Waals surface area contributed by atoms with Crippen molar-refractivity contribution in [2.24, 2.45) is 0 Å². The van der Waals surface area contributed by atoms with Crippen molar-refractivity contribution in [3.05, 3.63) is 12.2 Å². The molecule has 0 radical (unpaired) electrons. The van der Waals surface area contributed by atoms with Gasteiger partial charge < -0.3 is 40.9 Å². The predicted molar refractivity (Wildman–Crippen MR) is 89.8 cm³/mol. The van der Waals surface area contributed by atoms with Gasteiger partial charge in [-0.3, -0.25) is 0 Å². The highest BCUT2D eigenvalue weighted by Crippen LogP contribution is 2.14. The lowest BCUT2D eigenvalue weighted by atomic mass is 9.93. The fourth-order valence-corrected chi connectivity index (χ4v) is 2.54. The molecule has 0 heterocycles.